The summed E-state index contributed by atoms with van der Waals surface area (Å²) in [6.07, 6.45) is 0.390. The third-order valence-corrected chi connectivity index (χ3v) is 5.81. The van der Waals surface area contributed by atoms with Crippen LogP contribution in [0.15, 0.2) is 48.5 Å². The molecule has 4 amide bonds. The van der Waals surface area contributed by atoms with Crippen molar-refractivity contribution in [2.24, 2.45) is 0 Å². The maximum Gasteiger partial charge on any atom is 0.325 e. The molecule has 1 unspecified atom stereocenters. The van der Waals surface area contributed by atoms with Crippen molar-refractivity contribution in [2.75, 3.05) is 19.9 Å². The first-order chi connectivity index (χ1) is 15.0. The fourth-order valence-electron chi connectivity index (χ4n) is 4.00. The second-order valence-corrected chi connectivity index (χ2v) is 7.54. The van der Waals surface area contributed by atoms with Crippen LogP contribution in [-0.2, 0) is 21.7 Å². The maximum atomic E-state index is 13.2. The van der Waals surface area contributed by atoms with Crippen molar-refractivity contribution in [3.63, 3.8) is 0 Å². The van der Waals surface area contributed by atoms with Crippen molar-refractivity contribution in [3.8, 4) is 11.5 Å². The van der Waals surface area contributed by atoms with E-state index < -0.39 is 17.5 Å². The third-order valence-electron chi connectivity index (χ3n) is 5.81. The van der Waals surface area contributed by atoms with E-state index in [1.54, 1.807) is 4.90 Å². The zero-order chi connectivity index (χ0) is 22.0. The fraction of sp³-hybridized carbons (Fsp3) is 0.348. The van der Waals surface area contributed by atoms with Crippen molar-refractivity contribution in [3.05, 3.63) is 59.7 Å². The van der Waals surface area contributed by atoms with Crippen LogP contribution in [0.3, 0.4) is 0 Å². The minimum Gasteiger partial charge on any atom is -0.454 e. The molecule has 1 saturated heterocycles. The van der Waals surface area contributed by atoms with Gasteiger partial charge in [-0.3, -0.25) is 14.5 Å². The lowest BCUT2D eigenvalue weighted by atomic mass is 9.87. The number of amides is 4. The van der Waals surface area contributed by atoms with Crippen molar-refractivity contribution >= 4 is 17.8 Å². The van der Waals surface area contributed by atoms with Crippen molar-refractivity contribution in [2.45, 2.75) is 32.4 Å². The highest BCUT2D eigenvalue weighted by atomic mass is 16.7. The predicted molar refractivity (Wildman–Crippen MR) is 112 cm³/mol. The third kappa shape index (κ3) is 3.69. The highest BCUT2D eigenvalue weighted by Crippen LogP contribution is 2.34. The van der Waals surface area contributed by atoms with Gasteiger partial charge in [0, 0.05) is 13.1 Å². The van der Waals surface area contributed by atoms with Gasteiger partial charge in [0.05, 0.1) is 0 Å². The summed E-state index contributed by atoms with van der Waals surface area (Å²) < 4.78 is 10.7. The largest absolute Gasteiger partial charge is 0.454 e. The Morgan fingerprint density at radius 1 is 1.10 bits per heavy atom. The number of ether oxygens (including phenoxy) is 2. The summed E-state index contributed by atoms with van der Waals surface area (Å²) in [4.78, 5) is 41.5. The zero-order valence-corrected chi connectivity index (χ0v) is 17.6. The van der Waals surface area contributed by atoms with E-state index >= 15 is 0 Å². The molecule has 8 nitrogen and oxygen atoms in total. The molecule has 2 aromatic rings. The molecule has 162 valence electrons. The van der Waals surface area contributed by atoms with E-state index in [9.17, 15) is 14.4 Å². The number of carbonyl (C=O) groups excluding carboxylic acids is 3. The molecule has 2 aliphatic heterocycles. The van der Waals surface area contributed by atoms with E-state index in [4.69, 9.17) is 9.47 Å². The average Bonchev–Trinajstić information content (AvgIpc) is 3.35. The van der Waals surface area contributed by atoms with Gasteiger partial charge in [0.25, 0.3) is 5.91 Å². The molecule has 8 heteroatoms. The highest BCUT2D eigenvalue weighted by Gasteiger charge is 2.51. The Kier molecular flexibility index (Phi) is 5.54. The SMILES string of the molecule is CCN(Cc1ccc2c(c1)OCO2)C(=O)CN1C(=O)NC(CC)(c2ccccc2)C1=O. The number of urea groups is 1. The summed E-state index contributed by atoms with van der Waals surface area (Å²) in [6.45, 7) is 4.35. The number of benzene rings is 2. The lowest BCUT2D eigenvalue weighted by molar-refractivity contribution is -0.139. The van der Waals surface area contributed by atoms with Gasteiger partial charge in [-0.1, -0.05) is 43.3 Å². The van der Waals surface area contributed by atoms with Gasteiger partial charge in [0.2, 0.25) is 12.7 Å². The lowest BCUT2D eigenvalue weighted by Gasteiger charge is -2.26. The van der Waals surface area contributed by atoms with Crippen LogP contribution in [0.2, 0.25) is 0 Å². The first-order valence-electron chi connectivity index (χ1n) is 10.3. The number of nitrogens with zero attached hydrogens (tertiary/aromatic N) is 2. The Bertz CT molecular complexity index is 1010. The molecule has 1 atom stereocenters. The molecule has 0 aromatic heterocycles. The van der Waals surface area contributed by atoms with Crippen LogP contribution in [0.4, 0.5) is 4.79 Å². The van der Waals surface area contributed by atoms with Gasteiger partial charge in [-0.05, 0) is 36.6 Å². The Morgan fingerprint density at radius 2 is 1.84 bits per heavy atom. The number of likely N-dealkylation sites (N-methyl/N-ethyl adjacent to an activating group) is 1. The van der Waals surface area contributed by atoms with Crippen molar-refractivity contribution in [1.82, 2.24) is 15.1 Å². The number of hydrogen-bond acceptors (Lipinski definition) is 5. The van der Waals surface area contributed by atoms with Crippen LogP contribution in [0.25, 0.3) is 0 Å². The molecular weight excluding hydrogens is 398 g/mol. The number of imide groups is 1. The molecule has 2 heterocycles. The first kappa shape index (κ1) is 20.7. The molecule has 1 N–H and O–H groups in total. The number of rotatable bonds is 7. The highest BCUT2D eigenvalue weighted by molar-refractivity contribution is 6.09. The van der Waals surface area contributed by atoms with Crippen molar-refractivity contribution in [1.29, 1.82) is 0 Å². The number of carbonyl (C=O) groups is 3. The molecule has 0 spiro atoms. The van der Waals surface area contributed by atoms with Gasteiger partial charge in [-0.2, -0.15) is 0 Å². The summed E-state index contributed by atoms with van der Waals surface area (Å²) >= 11 is 0. The Hall–Kier alpha value is -3.55. The quantitative estimate of drug-likeness (QED) is 0.692. The normalized spacial score (nSPS) is 19.5. The second kappa shape index (κ2) is 8.29. The summed E-state index contributed by atoms with van der Waals surface area (Å²) in [5, 5.41) is 2.81. The van der Waals surface area contributed by atoms with Gasteiger partial charge in [-0.25, -0.2) is 4.79 Å². The number of hydrogen-bond donors (Lipinski definition) is 1. The van der Waals surface area contributed by atoms with E-state index in [0.717, 1.165) is 10.5 Å². The summed E-state index contributed by atoms with van der Waals surface area (Å²) in [5.74, 6) is 0.613. The summed E-state index contributed by atoms with van der Waals surface area (Å²) in [5.41, 5.74) is 0.440. The summed E-state index contributed by atoms with van der Waals surface area (Å²) in [7, 11) is 0. The standard InChI is InChI=1S/C23H25N3O5/c1-3-23(17-8-6-5-7-9-17)21(28)26(22(29)24-23)14-20(27)25(4-2)13-16-10-11-18-19(12-16)31-15-30-18/h5-12H,3-4,13-15H2,1-2H3,(H,24,29). The van der Waals surface area contributed by atoms with E-state index in [1.807, 2.05) is 62.4 Å². The summed E-state index contributed by atoms with van der Waals surface area (Å²) in [6, 6.07) is 14.1. The second-order valence-electron chi connectivity index (χ2n) is 7.54. The molecule has 31 heavy (non-hydrogen) atoms. The van der Waals surface area contributed by atoms with Crippen LogP contribution in [0.1, 0.15) is 31.4 Å². The van der Waals surface area contributed by atoms with E-state index in [-0.39, 0.29) is 19.2 Å². The molecule has 4 rings (SSSR count). The number of fused-ring (bicyclic) bond motifs is 1. The molecule has 2 aliphatic rings. The monoisotopic (exact) mass is 423 g/mol. The van der Waals surface area contributed by atoms with Crippen molar-refractivity contribution < 1.29 is 23.9 Å². The molecule has 0 radical (unpaired) electrons. The first-order valence-corrected chi connectivity index (χ1v) is 10.3. The molecular formula is C23H25N3O5. The van der Waals surface area contributed by atoms with Gasteiger partial charge in [-0.15, -0.1) is 0 Å². The van der Waals surface area contributed by atoms with Crippen LogP contribution in [-0.4, -0.2) is 47.5 Å². The van der Waals surface area contributed by atoms with E-state index in [2.05, 4.69) is 5.32 Å². The average molecular weight is 423 g/mol. The molecule has 0 saturated carbocycles. The lowest BCUT2D eigenvalue weighted by Crippen LogP contribution is -2.45. The van der Waals surface area contributed by atoms with Crippen LogP contribution >= 0.6 is 0 Å². The van der Waals surface area contributed by atoms with Gasteiger partial charge >= 0.3 is 6.03 Å². The van der Waals surface area contributed by atoms with Gasteiger partial charge in [0.1, 0.15) is 12.1 Å². The Morgan fingerprint density at radius 3 is 2.55 bits per heavy atom. The van der Waals surface area contributed by atoms with Gasteiger partial charge < -0.3 is 19.7 Å². The maximum absolute atomic E-state index is 13.2. The van der Waals surface area contributed by atoms with Crippen LogP contribution in [0, 0.1) is 0 Å². The van der Waals surface area contributed by atoms with Gasteiger partial charge in [0.15, 0.2) is 11.5 Å². The fourth-order valence-corrected chi connectivity index (χ4v) is 4.00. The Balaban J connectivity index is 1.49. The topological polar surface area (TPSA) is 88.2 Å². The zero-order valence-electron chi connectivity index (χ0n) is 17.6. The van der Waals surface area contributed by atoms with E-state index in [0.29, 0.717) is 36.6 Å². The molecule has 1 fully saturated rings. The molecule has 2 aromatic carbocycles. The Labute approximate surface area is 180 Å². The molecule has 0 bridgehead atoms. The smallest absolute Gasteiger partial charge is 0.325 e. The van der Waals surface area contributed by atoms with E-state index in [1.165, 1.54) is 0 Å². The number of nitrogens with one attached hydrogen (secondary N) is 1. The van der Waals surface area contributed by atoms with Crippen LogP contribution < -0.4 is 14.8 Å². The predicted octanol–water partition coefficient (Wildman–Crippen LogP) is 2.62. The molecule has 0 aliphatic carbocycles. The minimum atomic E-state index is -1.15. The minimum absolute atomic E-state index is 0.183. The van der Waals surface area contributed by atoms with Crippen LogP contribution in [0.5, 0.6) is 11.5 Å².